The maximum Gasteiger partial charge on any atom is 0.224 e. The molecule has 0 spiro atoms. The van der Waals surface area contributed by atoms with Crippen LogP contribution < -0.4 is 16.0 Å². The van der Waals surface area contributed by atoms with Crippen molar-refractivity contribution in [2.24, 2.45) is 10.9 Å². The molecule has 0 aliphatic rings. The molecule has 0 radical (unpaired) electrons. The van der Waals surface area contributed by atoms with Crippen molar-refractivity contribution in [1.29, 1.82) is 0 Å². The third-order valence-electron chi connectivity index (χ3n) is 4.32. The van der Waals surface area contributed by atoms with Gasteiger partial charge in [-0.25, -0.2) is 4.99 Å². The van der Waals surface area contributed by atoms with Gasteiger partial charge in [-0.05, 0) is 50.3 Å². The molecule has 0 saturated carbocycles. The van der Waals surface area contributed by atoms with Crippen LogP contribution in [0.4, 0.5) is 5.69 Å². The zero-order valence-corrected chi connectivity index (χ0v) is 20.9. The van der Waals surface area contributed by atoms with E-state index in [2.05, 4.69) is 41.7 Å². The highest BCUT2D eigenvalue weighted by molar-refractivity contribution is 14.0. The summed E-state index contributed by atoms with van der Waals surface area (Å²) in [5.74, 6) is 1.36. The molecule has 1 aromatic carbocycles. The van der Waals surface area contributed by atoms with E-state index in [9.17, 15) is 4.79 Å². The van der Waals surface area contributed by atoms with E-state index in [0.29, 0.717) is 18.9 Å². The molecular weight excluding hydrogens is 479 g/mol. The molecule has 0 fully saturated rings. The van der Waals surface area contributed by atoms with Gasteiger partial charge in [0.2, 0.25) is 5.91 Å². The molecule has 0 aromatic heterocycles. The minimum Gasteiger partial charge on any atom is -0.378 e. The van der Waals surface area contributed by atoms with Gasteiger partial charge in [0.15, 0.2) is 5.96 Å². The Balaban J connectivity index is 0.00000784. The zero-order valence-electron chi connectivity index (χ0n) is 18.6. The van der Waals surface area contributed by atoms with Crippen molar-refractivity contribution in [2.45, 2.75) is 66.5 Å². The predicted octanol–water partition coefficient (Wildman–Crippen LogP) is 4.55. The quantitative estimate of drug-likeness (QED) is 0.216. The lowest BCUT2D eigenvalue weighted by Crippen LogP contribution is -2.39. The average Bonchev–Trinajstić information content (AvgIpc) is 2.66. The van der Waals surface area contributed by atoms with Crippen molar-refractivity contribution in [3.63, 3.8) is 0 Å². The van der Waals surface area contributed by atoms with Crippen molar-refractivity contribution in [2.75, 3.05) is 25.0 Å². The number of amides is 1. The van der Waals surface area contributed by atoms with Crippen LogP contribution in [0.1, 0.15) is 59.4 Å². The molecule has 0 aliphatic heterocycles. The van der Waals surface area contributed by atoms with Gasteiger partial charge in [-0.3, -0.25) is 4.79 Å². The van der Waals surface area contributed by atoms with E-state index in [1.54, 1.807) is 0 Å². The third-order valence-corrected chi connectivity index (χ3v) is 4.32. The standard InChI is InChI=1S/C22H38N4O2.HI/c1-6-9-21(27)26-19-12-10-18(11-13-19)16-25-22(23-7-2)24-15-14-20(17(4)5)28-8-3;/h10-13,17,20H,6-9,14-16H2,1-5H3,(H,26,27)(H2,23,24,25);1H. The van der Waals surface area contributed by atoms with Crippen LogP contribution in [-0.4, -0.2) is 37.7 Å². The van der Waals surface area contributed by atoms with Crippen molar-refractivity contribution < 1.29 is 9.53 Å². The third kappa shape index (κ3) is 12.1. The Morgan fingerprint density at radius 3 is 2.34 bits per heavy atom. The summed E-state index contributed by atoms with van der Waals surface area (Å²) in [7, 11) is 0. The Labute approximate surface area is 193 Å². The molecule has 3 N–H and O–H groups in total. The highest BCUT2D eigenvalue weighted by Crippen LogP contribution is 2.12. The highest BCUT2D eigenvalue weighted by atomic mass is 127. The molecule has 1 aromatic rings. The first kappa shape index (κ1) is 27.6. The Morgan fingerprint density at radius 2 is 1.79 bits per heavy atom. The fourth-order valence-electron chi connectivity index (χ4n) is 2.81. The lowest BCUT2D eigenvalue weighted by molar-refractivity contribution is -0.116. The van der Waals surface area contributed by atoms with Gasteiger partial charge in [-0.2, -0.15) is 0 Å². The SMILES string of the molecule is CCCC(=O)Nc1ccc(CN=C(NCC)NCCC(OCC)C(C)C)cc1.I. The summed E-state index contributed by atoms with van der Waals surface area (Å²) < 4.78 is 5.80. The van der Waals surface area contributed by atoms with E-state index in [4.69, 9.17) is 4.74 Å². The Kier molecular flexibility index (Phi) is 15.7. The summed E-state index contributed by atoms with van der Waals surface area (Å²) in [5, 5.41) is 9.57. The van der Waals surface area contributed by atoms with Crippen molar-refractivity contribution in [3.05, 3.63) is 29.8 Å². The van der Waals surface area contributed by atoms with E-state index in [1.807, 2.05) is 38.1 Å². The maximum absolute atomic E-state index is 11.7. The van der Waals surface area contributed by atoms with Gasteiger partial charge in [0.1, 0.15) is 0 Å². The van der Waals surface area contributed by atoms with Gasteiger partial charge in [-0.15, -0.1) is 24.0 Å². The lowest BCUT2D eigenvalue weighted by atomic mass is 10.0. The first-order valence-corrected chi connectivity index (χ1v) is 10.5. The highest BCUT2D eigenvalue weighted by Gasteiger charge is 2.13. The average molecular weight is 518 g/mol. The summed E-state index contributed by atoms with van der Waals surface area (Å²) in [5.41, 5.74) is 1.92. The molecule has 1 atom stereocenters. The second-order valence-electron chi connectivity index (χ2n) is 7.14. The molecule has 0 aliphatic carbocycles. The van der Waals surface area contributed by atoms with Gasteiger partial charge in [0.05, 0.1) is 12.6 Å². The Hall–Kier alpha value is -1.35. The van der Waals surface area contributed by atoms with Gasteiger partial charge in [0, 0.05) is 31.8 Å². The number of ether oxygens (including phenoxy) is 1. The Morgan fingerprint density at radius 1 is 1.10 bits per heavy atom. The number of halogens is 1. The van der Waals surface area contributed by atoms with Crippen molar-refractivity contribution in [1.82, 2.24) is 10.6 Å². The smallest absolute Gasteiger partial charge is 0.224 e. The van der Waals surface area contributed by atoms with E-state index in [-0.39, 0.29) is 36.0 Å². The number of benzene rings is 1. The Bertz CT molecular complexity index is 591. The van der Waals surface area contributed by atoms with Crippen LogP contribution in [0, 0.1) is 5.92 Å². The maximum atomic E-state index is 11.7. The number of carbonyl (C=O) groups excluding carboxylic acids is 1. The van der Waals surface area contributed by atoms with E-state index >= 15 is 0 Å². The van der Waals surface area contributed by atoms with E-state index in [1.165, 1.54) is 0 Å². The van der Waals surface area contributed by atoms with Crippen LogP contribution in [0.5, 0.6) is 0 Å². The molecule has 7 heteroatoms. The summed E-state index contributed by atoms with van der Waals surface area (Å²) in [4.78, 5) is 16.3. The summed E-state index contributed by atoms with van der Waals surface area (Å²) >= 11 is 0. The second-order valence-corrected chi connectivity index (χ2v) is 7.14. The van der Waals surface area contributed by atoms with Crippen LogP contribution in [0.15, 0.2) is 29.3 Å². The summed E-state index contributed by atoms with van der Waals surface area (Å²) in [6, 6.07) is 7.85. The van der Waals surface area contributed by atoms with Crippen LogP contribution in [0.25, 0.3) is 0 Å². The zero-order chi connectivity index (χ0) is 20.8. The molecule has 0 saturated heterocycles. The monoisotopic (exact) mass is 518 g/mol. The second kappa shape index (κ2) is 16.4. The first-order valence-electron chi connectivity index (χ1n) is 10.5. The largest absolute Gasteiger partial charge is 0.378 e. The molecule has 29 heavy (non-hydrogen) atoms. The fourth-order valence-corrected chi connectivity index (χ4v) is 2.81. The van der Waals surface area contributed by atoms with Crippen LogP contribution in [-0.2, 0) is 16.1 Å². The molecule has 1 rings (SSSR count). The number of hydrogen-bond acceptors (Lipinski definition) is 3. The minimum atomic E-state index is 0. The van der Waals surface area contributed by atoms with Crippen LogP contribution >= 0.6 is 24.0 Å². The molecule has 166 valence electrons. The number of hydrogen-bond donors (Lipinski definition) is 3. The summed E-state index contributed by atoms with van der Waals surface area (Å²) in [6.45, 7) is 13.4. The molecule has 0 bridgehead atoms. The number of anilines is 1. The van der Waals surface area contributed by atoms with E-state index < -0.39 is 0 Å². The number of rotatable bonds is 12. The molecule has 0 heterocycles. The number of nitrogens with zero attached hydrogens (tertiary/aromatic N) is 1. The number of aliphatic imine (C=N–C) groups is 1. The van der Waals surface area contributed by atoms with Crippen molar-refractivity contribution >= 4 is 41.5 Å². The van der Waals surface area contributed by atoms with Gasteiger partial charge >= 0.3 is 0 Å². The van der Waals surface area contributed by atoms with Crippen LogP contribution in [0.2, 0.25) is 0 Å². The van der Waals surface area contributed by atoms with E-state index in [0.717, 1.165) is 49.7 Å². The van der Waals surface area contributed by atoms with Gasteiger partial charge in [-0.1, -0.05) is 32.9 Å². The molecule has 6 nitrogen and oxygen atoms in total. The van der Waals surface area contributed by atoms with Crippen molar-refractivity contribution in [3.8, 4) is 0 Å². The lowest BCUT2D eigenvalue weighted by Gasteiger charge is -2.21. The summed E-state index contributed by atoms with van der Waals surface area (Å²) in [6.07, 6.45) is 2.60. The van der Waals surface area contributed by atoms with Gasteiger partial charge < -0.3 is 20.7 Å². The predicted molar refractivity (Wildman–Crippen MR) is 133 cm³/mol. The number of nitrogens with one attached hydrogen (secondary N) is 3. The minimum absolute atomic E-state index is 0. The first-order chi connectivity index (χ1) is 13.5. The normalized spacial score (nSPS) is 12.3. The number of carbonyl (C=O) groups is 1. The molecule has 1 amide bonds. The van der Waals surface area contributed by atoms with Gasteiger partial charge in [0.25, 0.3) is 0 Å². The molecular formula is C22H39IN4O2. The molecule has 1 unspecified atom stereocenters. The topological polar surface area (TPSA) is 74.8 Å². The van der Waals surface area contributed by atoms with Crippen LogP contribution in [0.3, 0.4) is 0 Å². The fraction of sp³-hybridized carbons (Fsp3) is 0.636. The number of guanidine groups is 1.